The van der Waals surface area contributed by atoms with Gasteiger partial charge in [0.15, 0.2) is 0 Å². The highest BCUT2D eigenvalue weighted by molar-refractivity contribution is 5.97. The summed E-state index contributed by atoms with van der Waals surface area (Å²) in [4.78, 5) is 24.4. The van der Waals surface area contributed by atoms with E-state index >= 15 is 0 Å². The second-order valence-electron chi connectivity index (χ2n) is 7.04. The van der Waals surface area contributed by atoms with Crippen LogP contribution in [0.25, 0.3) is 11.0 Å². The summed E-state index contributed by atoms with van der Waals surface area (Å²) in [5, 5.41) is 3.04. The van der Waals surface area contributed by atoms with Crippen molar-refractivity contribution in [1.29, 1.82) is 0 Å². The van der Waals surface area contributed by atoms with E-state index in [9.17, 15) is 4.79 Å². The van der Waals surface area contributed by atoms with E-state index in [1.165, 1.54) is 32.4 Å². The molecule has 5 heteroatoms. The number of carbonyl (C=O) groups is 1. The van der Waals surface area contributed by atoms with Gasteiger partial charge in [0.2, 0.25) is 0 Å². The molecule has 1 saturated heterocycles. The number of benzene rings is 1. The van der Waals surface area contributed by atoms with Crippen molar-refractivity contribution in [1.82, 2.24) is 20.2 Å². The number of aryl methyl sites for hydroxylation is 2. The first-order chi connectivity index (χ1) is 12.7. The Bertz CT molecular complexity index is 753. The average molecular weight is 354 g/mol. The summed E-state index contributed by atoms with van der Waals surface area (Å²) in [5.74, 6) is -0.0232. The molecule has 0 bridgehead atoms. The molecule has 0 saturated carbocycles. The third-order valence-corrected chi connectivity index (χ3v) is 5.14. The minimum Gasteiger partial charge on any atom is -0.352 e. The fourth-order valence-corrected chi connectivity index (χ4v) is 3.62. The number of rotatable bonds is 7. The van der Waals surface area contributed by atoms with E-state index in [0.717, 1.165) is 48.2 Å². The van der Waals surface area contributed by atoms with Gasteiger partial charge in [0.1, 0.15) is 0 Å². The highest BCUT2D eigenvalue weighted by Crippen LogP contribution is 2.16. The van der Waals surface area contributed by atoms with Gasteiger partial charge in [-0.25, -0.2) is 9.97 Å². The summed E-state index contributed by atoms with van der Waals surface area (Å²) in [6, 6.07) is 5.62. The van der Waals surface area contributed by atoms with Crippen molar-refractivity contribution in [2.24, 2.45) is 0 Å². The predicted molar refractivity (Wildman–Crippen MR) is 106 cm³/mol. The summed E-state index contributed by atoms with van der Waals surface area (Å²) in [6.07, 6.45) is 6.72. The number of amides is 1. The lowest BCUT2D eigenvalue weighted by atomic mass is 10.1. The van der Waals surface area contributed by atoms with Crippen molar-refractivity contribution in [3.63, 3.8) is 0 Å². The quantitative estimate of drug-likeness (QED) is 0.775. The van der Waals surface area contributed by atoms with Gasteiger partial charge in [-0.2, -0.15) is 0 Å². The number of nitrogens with zero attached hydrogens (tertiary/aromatic N) is 3. The van der Waals surface area contributed by atoms with E-state index in [1.54, 1.807) is 0 Å². The number of hydrogen-bond donors (Lipinski definition) is 1. The maximum absolute atomic E-state index is 12.4. The van der Waals surface area contributed by atoms with E-state index in [1.807, 2.05) is 18.2 Å². The zero-order valence-corrected chi connectivity index (χ0v) is 16.1. The van der Waals surface area contributed by atoms with Crippen molar-refractivity contribution < 1.29 is 4.79 Å². The Balaban J connectivity index is 1.59. The van der Waals surface area contributed by atoms with Crippen LogP contribution in [0.15, 0.2) is 18.2 Å². The molecule has 1 fully saturated rings. The van der Waals surface area contributed by atoms with E-state index in [4.69, 9.17) is 9.97 Å². The Labute approximate surface area is 156 Å². The Hall–Kier alpha value is -2.01. The lowest BCUT2D eigenvalue weighted by Crippen LogP contribution is -2.33. The monoisotopic (exact) mass is 354 g/mol. The van der Waals surface area contributed by atoms with Crippen molar-refractivity contribution in [2.45, 2.75) is 52.4 Å². The van der Waals surface area contributed by atoms with Gasteiger partial charge in [0.05, 0.1) is 22.4 Å². The normalized spacial score (nSPS) is 15.3. The smallest absolute Gasteiger partial charge is 0.251 e. The summed E-state index contributed by atoms with van der Waals surface area (Å²) in [5.41, 5.74) is 4.41. The second kappa shape index (κ2) is 9.08. The van der Waals surface area contributed by atoms with Gasteiger partial charge >= 0.3 is 0 Å². The van der Waals surface area contributed by atoms with Crippen LogP contribution in [0.1, 0.15) is 61.3 Å². The SMILES string of the molecule is CCc1nc2ccc(C(=O)NCCCN3CCCCC3)cc2nc1CC. The Morgan fingerprint density at radius 2 is 1.73 bits per heavy atom. The van der Waals surface area contributed by atoms with E-state index in [0.29, 0.717) is 12.1 Å². The number of piperidine rings is 1. The van der Waals surface area contributed by atoms with E-state index in [-0.39, 0.29) is 5.91 Å². The predicted octanol–water partition coefficient (Wildman–Crippen LogP) is 3.36. The van der Waals surface area contributed by atoms with Gasteiger partial charge < -0.3 is 10.2 Å². The molecule has 1 aromatic carbocycles. The van der Waals surface area contributed by atoms with Gasteiger partial charge in [-0.05, 0) is 69.9 Å². The zero-order chi connectivity index (χ0) is 18.4. The maximum Gasteiger partial charge on any atom is 0.251 e. The lowest BCUT2D eigenvalue weighted by Gasteiger charge is -2.26. The lowest BCUT2D eigenvalue weighted by molar-refractivity contribution is 0.0951. The van der Waals surface area contributed by atoms with E-state index < -0.39 is 0 Å². The van der Waals surface area contributed by atoms with Crippen molar-refractivity contribution in [3.05, 3.63) is 35.2 Å². The molecule has 0 aliphatic carbocycles. The molecule has 1 N–H and O–H groups in total. The van der Waals surface area contributed by atoms with Gasteiger partial charge in [0.25, 0.3) is 5.91 Å². The molecule has 1 aliphatic heterocycles. The Kier molecular flexibility index (Phi) is 6.56. The number of hydrogen-bond acceptors (Lipinski definition) is 4. The van der Waals surface area contributed by atoms with Crippen LogP contribution < -0.4 is 5.32 Å². The summed E-state index contributed by atoms with van der Waals surface area (Å²) < 4.78 is 0. The first-order valence-corrected chi connectivity index (χ1v) is 10.0. The second-order valence-corrected chi connectivity index (χ2v) is 7.04. The molecular formula is C21H30N4O. The van der Waals surface area contributed by atoms with Crippen LogP contribution in [0.5, 0.6) is 0 Å². The molecule has 5 nitrogen and oxygen atoms in total. The van der Waals surface area contributed by atoms with Gasteiger partial charge in [0, 0.05) is 12.1 Å². The molecule has 0 radical (unpaired) electrons. The van der Waals surface area contributed by atoms with Crippen LogP contribution >= 0.6 is 0 Å². The highest BCUT2D eigenvalue weighted by atomic mass is 16.1. The van der Waals surface area contributed by atoms with E-state index in [2.05, 4.69) is 24.1 Å². The first-order valence-electron chi connectivity index (χ1n) is 10.0. The topological polar surface area (TPSA) is 58.1 Å². The molecule has 26 heavy (non-hydrogen) atoms. The van der Waals surface area contributed by atoms with Crippen LogP contribution in [0, 0.1) is 0 Å². The zero-order valence-electron chi connectivity index (χ0n) is 16.1. The highest BCUT2D eigenvalue weighted by Gasteiger charge is 2.12. The van der Waals surface area contributed by atoms with Crippen LogP contribution in [-0.2, 0) is 12.8 Å². The average Bonchev–Trinajstić information content (AvgIpc) is 2.70. The molecule has 2 heterocycles. The van der Waals surface area contributed by atoms with Gasteiger partial charge in [-0.15, -0.1) is 0 Å². The molecule has 1 aromatic heterocycles. The van der Waals surface area contributed by atoms with Gasteiger partial charge in [-0.3, -0.25) is 4.79 Å². The molecule has 0 spiro atoms. The standard InChI is InChI=1S/C21H30N4O/c1-3-17-18(4-2)24-20-15-16(9-10-19(20)23-17)21(26)22-11-8-14-25-12-6-5-7-13-25/h9-10,15H,3-8,11-14H2,1-2H3,(H,22,26). The van der Waals surface area contributed by atoms with Gasteiger partial charge in [-0.1, -0.05) is 20.3 Å². The number of fused-ring (bicyclic) bond motifs is 1. The molecule has 0 unspecified atom stereocenters. The third kappa shape index (κ3) is 4.58. The maximum atomic E-state index is 12.4. The number of nitrogens with one attached hydrogen (secondary N) is 1. The summed E-state index contributed by atoms with van der Waals surface area (Å²) >= 11 is 0. The number of aromatic nitrogens is 2. The minimum atomic E-state index is -0.0232. The van der Waals surface area contributed by atoms with Crippen LogP contribution in [0.2, 0.25) is 0 Å². The summed E-state index contributed by atoms with van der Waals surface area (Å²) in [6.45, 7) is 8.39. The Morgan fingerprint density at radius 3 is 2.42 bits per heavy atom. The third-order valence-electron chi connectivity index (χ3n) is 5.14. The Morgan fingerprint density at radius 1 is 1.04 bits per heavy atom. The fourth-order valence-electron chi connectivity index (χ4n) is 3.62. The molecule has 1 amide bonds. The molecule has 2 aromatic rings. The van der Waals surface area contributed by atoms with Crippen molar-refractivity contribution in [3.8, 4) is 0 Å². The molecule has 140 valence electrons. The molecule has 3 rings (SSSR count). The molecule has 0 atom stereocenters. The molecule has 1 aliphatic rings. The number of likely N-dealkylation sites (tertiary alicyclic amines) is 1. The van der Waals surface area contributed by atoms with Crippen LogP contribution in [0.4, 0.5) is 0 Å². The number of carbonyl (C=O) groups excluding carboxylic acids is 1. The fraction of sp³-hybridized carbons (Fsp3) is 0.571. The van der Waals surface area contributed by atoms with Crippen molar-refractivity contribution in [2.75, 3.05) is 26.2 Å². The van der Waals surface area contributed by atoms with Crippen molar-refractivity contribution >= 4 is 16.9 Å². The van der Waals surface area contributed by atoms with Crippen LogP contribution in [-0.4, -0.2) is 47.0 Å². The first kappa shape index (κ1) is 18.8. The largest absolute Gasteiger partial charge is 0.352 e. The summed E-state index contributed by atoms with van der Waals surface area (Å²) in [7, 11) is 0. The minimum absolute atomic E-state index is 0.0232. The van der Waals surface area contributed by atoms with Crippen LogP contribution in [0.3, 0.4) is 0 Å². The molecular weight excluding hydrogens is 324 g/mol.